The molecule has 2 atom stereocenters. The van der Waals surface area contributed by atoms with Crippen molar-refractivity contribution in [2.45, 2.75) is 50.9 Å². The highest BCUT2D eigenvalue weighted by Gasteiger charge is 2.36. The lowest BCUT2D eigenvalue weighted by atomic mass is 10.1. The van der Waals surface area contributed by atoms with Crippen LogP contribution < -0.4 is 5.32 Å². The van der Waals surface area contributed by atoms with E-state index >= 15 is 0 Å². The lowest BCUT2D eigenvalue weighted by Crippen LogP contribution is -2.41. The summed E-state index contributed by atoms with van der Waals surface area (Å²) >= 11 is 0. The number of carbonyl (C=O) groups is 2. The van der Waals surface area contributed by atoms with Crippen LogP contribution in [0.25, 0.3) is 0 Å². The van der Waals surface area contributed by atoms with E-state index in [9.17, 15) is 22.8 Å². The minimum Gasteiger partial charge on any atom is -0.303 e. The number of nitrogens with zero attached hydrogens (tertiary/aromatic N) is 1. The Labute approximate surface area is 104 Å². The van der Waals surface area contributed by atoms with Gasteiger partial charge >= 0.3 is 6.18 Å². The van der Waals surface area contributed by atoms with E-state index in [0.29, 0.717) is 6.42 Å². The van der Waals surface area contributed by atoms with E-state index < -0.39 is 18.6 Å². The molecule has 2 amide bonds. The van der Waals surface area contributed by atoms with Crippen LogP contribution >= 0.6 is 0 Å². The number of rotatable bonds is 5. The maximum absolute atomic E-state index is 11.9. The van der Waals surface area contributed by atoms with Gasteiger partial charge in [0.25, 0.3) is 0 Å². The van der Waals surface area contributed by atoms with Crippen LogP contribution in [0.15, 0.2) is 0 Å². The first-order chi connectivity index (χ1) is 8.20. The summed E-state index contributed by atoms with van der Waals surface area (Å²) in [6, 6.07) is -0.816. The molecule has 0 bridgehead atoms. The van der Waals surface area contributed by atoms with Crippen LogP contribution in [0.2, 0.25) is 0 Å². The number of halogens is 3. The Hall–Kier alpha value is -1.11. The van der Waals surface area contributed by atoms with Crippen molar-refractivity contribution in [1.82, 2.24) is 10.2 Å². The number of imide groups is 1. The summed E-state index contributed by atoms with van der Waals surface area (Å²) in [7, 11) is 1.40. The van der Waals surface area contributed by atoms with Crippen LogP contribution in [0, 0.1) is 0 Å². The molecule has 0 aliphatic carbocycles. The lowest BCUT2D eigenvalue weighted by Gasteiger charge is -2.18. The van der Waals surface area contributed by atoms with Gasteiger partial charge in [-0.2, -0.15) is 13.2 Å². The summed E-state index contributed by atoms with van der Waals surface area (Å²) < 4.78 is 35.8. The first kappa shape index (κ1) is 14.9. The molecule has 18 heavy (non-hydrogen) atoms. The molecule has 4 nitrogen and oxygen atoms in total. The Morgan fingerprint density at radius 1 is 1.44 bits per heavy atom. The summed E-state index contributed by atoms with van der Waals surface area (Å²) in [5.41, 5.74) is 0. The third kappa shape index (κ3) is 4.29. The summed E-state index contributed by atoms with van der Waals surface area (Å²) in [4.78, 5) is 23.8. The van der Waals surface area contributed by atoms with Crippen LogP contribution in [0.3, 0.4) is 0 Å². The Morgan fingerprint density at radius 2 is 2.06 bits per heavy atom. The van der Waals surface area contributed by atoms with Crippen molar-refractivity contribution in [3.63, 3.8) is 0 Å². The monoisotopic (exact) mass is 266 g/mol. The van der Waals surface area contributed by atoms with E-state index in [1.165, 1.54) is 7.05 Å². The van der Waals surface area contributed by atoms with E-state index in [2.05, 4.69) is 5.32 Å². The molecular formula is C11H17F3N2O2. The summed E-state index contributed by atoms with van der Waals surface area (Å²) in [6.45, 7) is 1.71. The van der Waals surface area contributed by atoms with Crippen molar-refractivity contribution in [2.75, 3.05) is 7.05 Å². The minimum absolute atomic E-state index is 0.0162. The van der Waals surface area contributed by atoms with Crippen molar-refractivity contribution in [1.29, 1.82) is 0 Å². The van der Waals surface area contributed by atoms with Crippen molar-refractivity contribution in [3.05, 3.63) is 0 Å². The average molecular weight is 266 g/mol. The standard InChI is InChI=1S/C11H17F3N2O2/c1-7(4-3-5-11(12,13)14)15-8-6-9(17)16(2)10(8)18/h7-8,15H,3-6H2,1-2H3. The second-order valence-corrected chi connectivity index (χ2v) is 4.62. The molecule has 0 aromatic rings. The predicted octanol–water partition coefficient (Wildman–Crippen LogP) is 1.45. The van der Waals surface area contributed by atoms with Gasteiger partial charge in [-0.15, -0.1) is 0 Å². The fraction of sp³-hybridized carbons (Fsp3) is 0.818. The molecule has 1 fully saturated rings. The minimum atomic E-state index is -4.14. The van der Waals surface area contributed by atoms with Gasteiger partial charge in [0.2, 0.25) is 11.8 Å². The van der Waals surface area contributed by atoms with E-state index in [-0.39, 0.29) is 30.7 Å². The number of carbonyl (C=O) groups excluding carboxylic acids is 2. The fourth-order valence-electron chi connectivity index (χ4n) is 1.92. The molecule has 1 aliphatic heterocycles. The highest BCUT2D eigenvalue weighted by atomic mass is 19.4. The highest BCUT2D eigenvalue weighted by molar-refractivity contribution is 6.05. The molecule has 1 rings (SSSR count). The van der Waals surface area contributed by atoms with Gasteiger partial charge in [0, 0.05) is 19.5 Å². The van der Waals surface area contributed by atoms with Gasteiger partial charge in [-0.25, -0.2) is 0 Å². The van der Waals surface area contributed by atoms with E-state index in [4.69, 9.17) is 0 Å². The van der Waals surface area contributed by atoms with Crippen LogP contribution in [0.4, 0.5) is 13.2 Å². The molecule has 7 heteroatoms. The van der Waals surface area contributed by atoms with Gasteiger partial charge in [-0.3, -0.25) is 14.5 Å². The van der Waals surface area contributed by atoms with Gasteiger partial charge in [0.1, 0.15) is 0 Å². The van der Waals surface area contributed by atoms with Gasteiger partial charge in [0.15, 0.2) is 0 Å². The van der Waals surface area contributed by atoms with Gasteiger partial charge < -0.3 is 5.32 Å². The number of likely N-dealkylation sites (N-methyl/N-ethyl adjacent to an activating group) is 1. The molecule has 0 aromatic heterocycles. The third-order valence-electron chi connectivity index (χ3n) is 2.96. The first-order valence-electron chi connectivity index (χ1n) is 5.84. The molecule has 2 unspecified atom stereocenters. The number of hydrogen-bond acceptors (Lipinski definition) is 3. The Kier molecular flexibility index (Phi) is 4.72. The maximum Gasteiger partial charge on any atom is 0.389 e. The molecule has 0 spiro atoms. The molecule has 0 aromatic carbocycles. The zero-order valence-electron chi connectivity index (χ0n) is 10.4. The summed E-state index contributed by atoms with van der Waals surface area (Å²) in [5, 5.41) is 2.90. The summed E-state index contributed by atoms with van der Waals surface area (Å²) in [6.07, 6.45) is -4.54. The van der Waals surface area contributed by atoms with Crippen molar-refractivity contribution < 1.29 is 22.8 Å². The van der Waals surface area contributed by atoms with Crippen molar-refractivity contribution in [3.8, 4) is 0 Å². The zero-order valence-corrected chi connectivity index (χ0v) is 10.4. The number of amides is 2. The van der Waals surface area contributed by atoms with Crippen LogP contribution in [0.1, 0.15) is 32.6 Å². The molecule has 104 valence electrons. The van der Waals surface area contributed by atoms with Gasteiger partial charge in [0.05, 0.1) is 12.5 Å². The van der Waals surface area contributed by atoms with Gasteiger partial charge in [-0.05, 0) is 19.8 Å². The SMILES string of the molecule is CC(CCCC(F)(F)F)NC1CC(=O)N(C)C1=O. The Balaban J connectivity index is 2.31. The molecule has 1 N–H and O–H groups in total. The molecule has 1 heterocycles. The summed E-state index contributed by atoms with van der Waals surface area (Å²) in [5.74, 6) is -0.581. The van der Waals surface area contributed by atoms with Crippen LogP contribution in [-0.2, 0) is 9.59 Å². The first-order valence-corrected chi connectivity index (χ1v) is 5.84. The second-order valence-electron chi connectivity index (χ2n) is 4.62. The van der Waals surface area contributed by atoms with E-state index in [1.54, 1.807) is 6.92 Å². The Morgan fingerprint density at radius 3 is 2.50 bits per heavy atom. The van der Waals surface area contributed by atoms with Crippen LogP contribution in [0.5, 0.6) is 0 Å². The fourth-order valence-corrected chi connectivity index (χ4v) is 1.92. The maximum atomic E-state index is 11.9. The van der Waals surface area contributed by atoms with Crippen LogP contribution in [-0.4, -0.2) is 42.0 Å². The molecular weight excluding hydrogens is 249 g/mol. The molecule has 0 radical (unpaired) electrons. The largest absolute Gasteiger partial charge is 0.389 e. The van der Waals surface area contributed by atoms with Gasteiger partial charge in [-0.1, -0.05) is 0 Å². The van der Waals surface area contributed by atoms with Crippen molar-refractivity contribution >= 4 is 11.8 Å². The quantitative estimate of drug-likeness (QED) is 0.766. The average Bonchev–Trinajstić information content (AvgIpc) is 2.44. The van der Waals surface area contributed by atoms with Crippen molar-refractivity contribution in [2.24, 2.45) is 0 Å². The molecule has 1 saturated heterocycles. The number of hydrogen-bond donors (Lipinski definition) is 1. The topological polar surface area (TPSA) is 49.4 Å². The zero-order chi connectivity index (χ0) is 13.9. The molecule has 1 aliphatic rings. The normalized spacial score (nSPS) is 22.7. The van der Waals surface area contributed by atoms with E-state index in [1.807, 2.05) is 0 Å². The van der Waals surface area contributed by atoms with E-state index in [0.717, 1.165) is 4.90 Å². The predicted molar refractivity (Wildman–Crippen MR) is 58.7 cm³/mol. The Bertz CT molecular complexity index is 331. The molecule has 0 saturated carbocycles. The number of nitrogens with one attached hydrogen (secondary N) is 1. The lowest BCUT2D eigenvalue weighted by molar-refractivity contribution is -0.138. The second kappa shape index (κ2) is 5.69. The number of likely N-dealkylation sites (tertiary alicyclic amines) is 1. The highest BCUT2D eigenvalue weighted by Crippen LogP contribution is 2.23. The smallest absolute Gasteiger partial charge is 0.303 e. The third-order valence-corrected chi connectivity index (χ3v) is 2.96. The number of alkyl halides is 3.